The minimum absolute atomic E-state index is 0.110. The first-order valence-electron chi connectivity index (χ1n) is 7.57. The van der Waals surface area contributed by atoms with Gasteiger partial charge in [0.15, 0.2) is 0 Å². The topological polar surface area (TPSA) is 70.7 Å². The zero-order chi connectivity index (χ0) is 16.8. The van der Waals surface area contributed by atoms with Crippen LogP contribution in [0.4, 0.5) is 0 Å². The number of hydrogen-bond donors (Lipinski definition) is 1. The van der Waals surface area contributed by atoms with Crippen LogP contribution in [0.1, 0.15) is 27.2 Å². The average Bonchev–Trinajstić information content (AvgIpc) is 3.08. The highest BCUT2D eigenvalue weighted by Crippen LogP contribution is 2.08. The van der Waals surface area contributed by atoms with Crippen LogP contribution in [0.2, 0.25) is 0 Å². The van der Waals surface area contributed by atoms with Gasteiger partial charge in [-0.15, -0.1) is 0 Å². The quantitative estimate of drug-likeness (QED) is 0.787. The Balaban J connectivity index is 1.65. The maximum atomic E-state index is 12.1. The van der Waals surface area contributed by atoms with Gasteiger partial charge in [-0.1, -0.05) is 30.3 Å². The molecule has 0 aliphatic rings. The van der Waals surface area contributed by atoms with Gasteiger partial charge < -0.3 is 9.88 Å². The van der Waals surface area contributed by atoms with Gasteiger partial charge in [0.25, 0.3) is 5.91 Å². The van der Waals surface area contributed by atoms with Crippen LogP contribution < -0.4 is 5.32 Å². The number of nitrogens with one attached hydrogen (secondary N) is 1. The first-order chi connectivity index (χ1) is 11.8. The highest BCUT2D eigenvalue weighted by atomic mass is 16.1. The number of carbonyl (C=O) groups excluding carboxylic acids is 1. The Morgan fingerprint density at radius 2 is 1.88 bits per heavy atom. The first-order valence-corrected chi connectivity index (χ1v) is 7.57. The summed E-state index contributed by atoms with van der Waals surface area (Å²) in [5.74, 6) is -0.110. The molecule has 0 aliphatic heterocycles. The predicted molar refractivity (Wildman–Crippen MR) is 90.1 cm³/mol. The fourth-order valence-electron chi connectivity index (χ4n) is 2.38. The lowest BCUT2D eigenvalue weighted by Crippen LogP contribution is -2.24. The monoisotopic (exact) mass is 316 g/mol. The van der Waals surface area contributed by atoms with E-state index in [0.717, 1.165) is 11.3 Å². The van der Waals surface area contributed by atoms with Gasteiger partial charge in [0, 0.05) is 18.3 Å². The fourth-order valence-corrected chi connectivity index (χ4v) is 2.38. The molecular formula is C19H16N4O. The van der Waals surface area contributed by atoms with Gasteiger partial charge in [0.05, 0.1) is 30.2 Å². The number of amides is 1. The summed E-state index contributed by atoms with van der Waals surface area (Å²) in [5.41, 5.74) is 3.27. The van der Waals surface area contributed by atoms with Crippen LogP contribution in [-0.4, -0.2) is 15.5 Å². The first kappa shape index (κ1) is 15.5. The Hall–Kier alpha value is -3.39. The van der Waals surface area contributed by atoms with Gasteiger partial charge in [-0.05, 0) is 29.8 Å². The molecule has 1 aromatic heterocycles. The Morgan fingerprint density at radius 1 is 1.12 bits per heavy atom. The fraction of sp³-hybridized carbons (Fsp3) is 0.105. The van der Waals surface area contributed by atoms with Crippen molar-refractivity contribution < 1.29 is 4.79 Å². The molecular weight excluding hydrogens is 300 g/mol. The number of benzene rings is 2. The number of nitriles is 1. The molecule has 2 aromatic carbocycles. The third kappa shape index (κ3) is 3.68. The molecule has 0 atom stereocenters. The SMILES string of the molecule is N#Cc1ccc(Cn2cncc2CNC(=O)c2ccccc2)cc1. The van der Waals surface area contributed by atoms with Crippen molar-refractivity contribution in [2.75, 3.05) is 0 Å². The molecule has 0 unspecified atom stereocenters. The molecule has 5 heteroatoms. The van der Waals surface area contributed by atoms with Crippen molar-refractivity contribution >= 4 is 5.91 Å². The van der Waals surface area contributed by atoms with Gasteiger partial charge in [-0.25, -0.2) is 4.98 Å². The zero-order valence-electron chi connectivity index (χ0n) is 13.0. The van der Waals surface area contributed by atoms with Crippen molar-refractivity contribution in [3.63, 3.8) is 0 Å². The molecule has 0 saturated carbocycles. The third-order valence-corrected chi connectivity index (χ3v) is 3.70. The standard InChI is InChI=1S/C19H16N4O/c20-10-15-6-8-16(9-7-15)13-23-14-21-11-18(23)12-22-19(24)17-4-2-1-3-5-17/h1-9,11,14H,12-13H2,(H,22,24). The van der Waals surface area contributed by atoms with Crippen molar-refractivity contribution in [2.45, 2.75) is 13.1 Å². The Morgan fingerprint density at radius 3 is 2.58 bits per heavy atom. The van der Waals surface area contributed by atoms with Crippen LogP contribution in [0.25, 0.3) is 0 Å². The summed E-state index contributed by atoms with van der Waals surface area (Å²) in [7, 11) is 0. The van der Waals surface area contributed by atoms with Crippen molar-refractivity contribution in [1.82, 2.24) is 14.9 Å². The van der Waals surface area contributed by atoms with E-state index < -0.39 is 0 Å². The van der Waals surface area contributed by atoms with Crippen LogP contribution in [0.3, 0.4) is 0 Å². The van der Waals surface area contributed by atoms with Crippen molar-refractivity contribution in [1.29, 1.82) is 5.26 Å². The second-order valence-electron chi connectivity index (χ2n) is 5.37. The second kappa shape index (κ2) is 7.25. The predicted octanol–water partition coefficient (Wildman–Crippen LogP) is 2.73. The molecule has 5 nitrogen and oxygen atoms in total. The van der Waals surface area contributed by atoms with Crippen LogP contribution >= 0.6 is 0 Å². The number of rotatable bonds is 5. The second-order valence-corrected chi connectivity index (χ2v) is 5.37. The van der Waals surface area contributed by atoms with Gasteiger partial charge in [-0.2, -0.15) is 5.26 Å². The van der Waals surface area contributed by atoms with E-state index in [1.54, 1.807) is 36.8 Å². The third-order valence-electron chi connectivity index (χ3n) is 3.70. The molecule has 0 fully saturated rings. The molecule has 1 heterocycles. The summed E-state index contributed by atoms with van der Waals surface area (Å²) in [6.45, 7) is 1.05. The van der Waals surface area contributed by atoms with E-state index in [-0.39, 0.29) is 5.91 Å². The number of nitrogens with zero attached hydrogens (tertiary/aromatic N) is 3. The van der Waals surface area contributed by atoms with Crippen molar-refractivity contribution in [3.05, 3.63) is 89.5 Å². The van der Waals surface area contributed by atoms with Gasteiger partial charge in [0.1, 0.15) is 0 Å². The minimum Gasteiger partial charge on any atom is -0.346 e. The summed E-state index contributed by atoms with van der Waals surface area (Å²) in [4.78, 5) is 16.3. The lowest BCUT2D eigenvalue weighted by atomic mass is 10.1. The molecule has 0 saturated heterocycles. The van der Waals surface area contributed by atoms with Gasteiger partial charge >= 0.3 is 0 Å². The maximum absolute atomic E-state index is 12.1. The van der Waals surface area contributed by atoms with Gasteiger partial charge in [-0.3, -0.25) is 4.79 Å². The van der Waals surface area contributed by atoms with Crippen molar-refractivity contribution in [2.24, 2.45) is 0 Å². The molecule has 24 heavy (non-hydrogen) atoms. The number of hydrogen-bond acceptors (Lipinski definition) is 3. The number of imidazole rings is 1. The van der Waals surface area contributed by atoms with E-state index in [1.807, 2.05) is 34.9 Å². The van der Waals surface area contributed by atoms with E-state index in [4.69, 9.17) is 5.26 Å². The minimum atomic E-state index is -0.110. The summed E-state index contributed by atoms with van der Waals surface area (Å²) < 4.78 is 1.98. The molecule has 1 amide bonds. The van der Waals surface area contributed by atoms with E-state index in [0.29, 0.717) is 24.2 Å². The Kier molecular flexibility index (Phi) is 4.68. The van der Waals surface area contributed by atoms with Crippen LogP contribution in [0.5, 0.6) is 0 Å². The summed E-state index contributed by atoms with van der Waals surface area (Å²) in [5, 5.41) is 11.7. The molecule has 3 aromatic rings. The summed E-state index contributed by atoms with van der Waals surface area (Å²) in [6, 6.07) is 18.7. The average molecular weight is 316 g/mol. The highest BCUT2D eigenvalue weighted by molar-refractivity contribution is 5.94. The summed E-state index contributed by atoms with van der Waals surface area (Å²) in [6.07, 6.45) is 3.48. The smallest absolute Gasteiger partial charge is 0.251 e. The number of carbonyl (C=O) groups is 1. The molecule has 118 valence electrons. The molecule has 0 radical (unpaired) electrons. The van der Waals surface area contributed by atoms with Crippen LogP contribution in [0, 0.1) is 11.3 Å². The molecule has 3 rings (SSSR count). The van der Waals surface area contributed by atoms with E-state index in [1.165, 1.54) is 0 Å². The van der Waals surface area contributed by atoms with Crippen LogP contribution in [-0.2, 0) is 13.1 Å². The lowest BCUT2D eigenvalue weighted by Gasteiger charge is -2.10. The largest absolute Gasteiger partial charge is 0.346 e. The highest BCUT2D eigenvalue weighted by Gasteiger charge is 2.07. The molecule has 1 N–H and O–H groups in total. The molecule has 0 bridgehead atoms. The molecule has 0 spiro atoms. The van der Waals surface area contributed by atoms with Gasteiger partial charge in [0.2, 0.25) is 0 Å². The molecule has 0 aliphatic carbocycles. The lowest BCUT2D eigenvalue weighted by molar-refractivity contribution is 0.0950. The normalized spacial score (nSPS) is 10.1. The van der Waals surface area contributed by atoms with Crippen molar-refractivity contribution in [3.8, 4) is 6.07 Å². The zero-order valence-corrected chi connectivity index (χ0v) is 13.0. The summed E-state index contributed by atoms with van der Waals surface area (Å²) >= 11 is 0. The maximum Gasteiger partial charge on any atom is 0.251 e. The van der Waals surface area contributed by atoms with E-state index >= 15 is 0 Å². The van der Waals surface area contributed by atoms with Crippen LogP contribution in [0.15, 0.2) is 67.1 Å². The Labute approximate surface area is 140 Å². The van der Waals surface area contributed by atoms with E-state index in [2.05, 4.69) is 16.4 Å². The van der Waals surface area contributed by atoms with E-state index in [9.17, 15) is 4.79 Å². The Bertz CT molecular complexity index is 860. The number of aromatic nitrogens is 2.